The number of amides is 2. The highest BCUT2D eigenvalue weighted by atomic mass is 16.6. The first kappa shape index (κ1) is 25.4. The zero-order chi connectivity index (χ0) is 25.4. The number of hydrogen-bond acceptors (Lipinski definition) is 6. The van der Waals surface area contributed by atoms with Gasteiger partial charge in [-0.25, -0.2) is 0 Å². The molecular formula is C27H36N2O6. The third kappa shape index (κ3) is 3.87. The van der Waals surface area contributed by atoms with Gasteiger partial charge in [-0.1, -0.05) is 43.3 Å². The Morgan fingerprint density at radius 3 is 2.63 bits per heavy atom. The normalized spacial score (nSPS) is 31.8. The number of ether oxygens (including phenoxy) is 2. The molecule has 3 heterocycles. The average molecular weight is 485 g/mol. The van der Waals surface area contributed by atoms with E-state index in [1.165, 1.54) is 4.90 Å². The van der Waals surface area contributed by atoms with Crippen molar-refractivity contribution in [1.29, 1.82) is 0 Å². The first-order valence-corrected chi connectivity index (χ1v) is 12.5. The molecule has 2 unspecified atom stereocenters. The summed E-state index contributed by atoms with van der Waals surface area (Å²) in [5, 5.41) is 10.0. The number of esters is 1. The summed E-state index contributed by atoms with van der Waals surface area (Å²) < 4.78 is 12.1. The van der Waals surface area contributed by atoms with E-state index >= 15 is 0 Å². The highest BCUT2D eigenvalue weighted by Crippen LogP contribution is 2.64. The molecule has 6 atom stereocenters. The van der Waals surface area contributed by atoms with Crippen LogP contribution in [-0.2, 0) is 30.4 Å². The highest BCUT2D eigenvalue weighted by Gasteiger charge is 2.79. The van der Waals surface area contributed by atoms with Gasteiger partial charge in [0.1, 0.15) is 17.6 Å². The molecule has 3 aliphatic heterocycles. The third-order valence-electron chi connectivity index (χ3n) is 8.01. The van der Waals surface area contributed by atoms with Gasteiger partial charge in [-0.05, 0) is 38.7 Å². The van der Waals surface area contributed by atoms with E-state index in [1.807, 2.05) is 37.3 Å². The van der Waals surface area contributed by atoms with Crippen LogP contribution >= 0.6 is 0 Å². The smallest absolute Gasteiger partial charge is 0.312 e. The standard InChI is InChI=1S/C27H36N2O6/c1-5-15-28(16-19-11-9-8-10-12-19)24(32)22-27-14-13-26(6-2,35-27)21(25(33)34-7-3)20(27)23(31)29(22)18(4)17-30/h5,8-12,18,20-22,30H,1,6-7,13-17H2,2-4H3/t18-,20+,21-,22?,26+,27?/m1/s1. The molecule has 1 aromatic carbocycles. The predicted molar refractivity (Wildman–Crippen MR) is 129 cm³/mol. The molecule has 1 aromatic rings. The number of rotatable bonds is 10. The molecule has 0 aliphatic carbocycles. The van der Waals surface area contributed by atoms with E-state index in [0.29, 0.717) is 32.4 Å². The van der Waals surface area contributed by atoms with E-state index in [0.717, 1.165) is 5.56 Å². The number of nitrogens with zero attached hydrogens (tertiary/aromatic N) is 2. The van der Waals surface area contributed by atoms with Crippen LogP contribution in [0.15, 0.2) is 43.0 Å². The molecule has 1 N–H and O–H groups in total. The Bertz CT molecular complexity index is 983. The van der Waals surface area contributed by atoms with Gasteiger partial charge in [0.15, 0.2) is 0 Å². The number of carbonyl (C=O) groups is 3. The van der Waals surface area contributed by atoms with E-state index in [4.69, 9.17) is 9.47 Å². The van der Waals surface area contributed by atoms with Crippen LogP contribution in [0.5, 0.6) is 0 Å². The van der Waals surface area contributed by atoms with Crippen LogP contribution in [0.2, 0.25) is 0 Å². The lowest BCUT2D eigenvalue weighted by atomic mass is 9.65. The second-order valence-electron chi connectivity index (χ2n) is 9.86. The molecule has 0 radical (unpaired) electrons. The quantitative estimate of drug-likeness (QED) is 0.404. The minimum atomic E-state index is -1.14. The zero-order valence-electron chi connectivity index (χ0n) is 20.8. The van der Waals surface area contributed by atoms with Gasteiger partial charge in [-0.15, -0.1) is 6.58 Å². The first-order valence-electron chi connectivity index (χ1n) is 12.5. The number of fused-ring (bicyclic) bond motifs is 1. The molecule has 4 rings (SSSR count). The summed E-state index contributed by atoms with van der Waals surface area (Å²) >= 11 is 0. The van der Waals surface area contributed by atoms with E-state index in [9.17, 15) is 19.5 Å². The lowest BCUT2D eigenvalue weighted by Crippen LogP contribution is -2.58. The Kier molecular flexibility index (Phi) is 7.06. The average Bonchev–Trinajstić information content (AvgIpc) is 3.47. The molecule has 190 valence electrons. The Morgan fingerprint density at radius 2 is 2.03 bits per heavy atom. The fourth-order valence-electron chi connectivity index (χ4n) is 6.45. The van der Waals surface area contributed by atoms with E-state index < -0.39 is 41.1 Å². The van der Waals surface area contributed by atoms with E-state index in [-0.39, 0.29) is 25.0 Å². The summed E-state index contributed by atoms with van der Waals surface area (Å²) in [6, 6.07) is 8.07. The Labute approximate surface area is 206 Å². The summed E-state index contributed by atoms with van der Waals surface area (Å²) in [6.07, 6.45) is 3.26. The van der Waals surface area contributed by atoms with Gasteiger partial charge in [0.05, 0.1) is 30.8 Å². The summed E-state index contributed by atoms with van der Waals surface area (Å²) in [5.74, 6) is -2.63. The van der Waals surface area contributed by atoms with Crippen LogP contribution in [0.3, 0.4) is 0 Å². The summed E-state index contributed by atoms with van der Waals surface area (Å²) in [7, 11) is 0. The predicted octanol–water partition coefficient (Wildman–Crippen LogP) is 2.30. The summed E-state index contributed by atoms with van der Waals surface area (Å²) in [5.41, 5.74) is -1.02. The first-order chi connectivity index (χ1) is 16.8. The van der Waals surface area contributed by atoms with Gasteiger partial charge in [-0.2, -0.15) is 0 Å². The second-order valence-corrected chi connectivity index (χ2v) is 9.86. The van der Waals surface area contributed by atoms with Crippen LogP contribution in [0, 0.1) is 11.8 Å². The van der Waals surface area contributed by atoms with Gasteiger partial charge in [-0.3, -0.25) is 14.4 Å². The zero-order valence-corrected chi connectivity index (χ0v) is 20.8. The molecule has 0 aromatic heterocycles. The van der Waals surface area contributed by atoms with Crippen molar-refractivity contribution in [2.45, 2.75) is 69.9 Å². The topological polar surface area (TPSA) is 96.4 Å². The van der Waals surface area contributed by atoms with Gasteiger partial charge in [0.2, 0.25) is 11.8 Å². The molecule has 0 saturated carbocycles. The Balaban J connectivity index is 1.78. The molecule has 3 fully saturated rings. The van der Waals surface area contributed by atoms with Gasteiger partial charge in [0, 0.05) is 13.1 Å². The maximum atomic E-state index is 14.2. The summed E-state index contributed by atoms with van der Waals surface area (Å²) in [6.45, 7) is 9.75. The number of carbonyl (C=O) groups excluding carboxylic acids is 3. The maximum Gasteiger partial charge on any atom is 0.312 e. The number of benzene rings is 1. The van der Waals surface area contributed by atoms with Crippen molar-refractivity contribution in [3.63, 3.8) is 0 Å². The Morgan fingerprint density at radius 1 is 1.31 bits per heavy atom. The minimum absolute atomic E-state index is 0.201. The fraction of sp³-hybridized carbons (Fsp3) is 0.593. The van der Waals surface area contributed by atoms with Gasteiger partial charge in [0.25, 0.3) is 0 Å². The number of likely N-dealkylation sites (tertiary alicyclic amines) is 1. The van der Waals surface area contributed by atoms with Crippen molar-refractivity contribution >= 4 is 17.8 Å². The SMILES string of the molecule is C=CCN(Cc1ccccc1)C(=O)C1N([C@H](C)CO)C(=O)[C@@H]2[C@H](C(=O)OCC)[C@]3(CC)CCC12O3. The number of aliphatic hydroxyl groups excluding tert-OH is 1. The van der Waals surface area contributed by atoms with Crippen LogP contribution in [-0.4, -0.2) is 75.7 Å². The third-order valence-corrected chi connectivity index (χ3v) is 8.01. The molecule has 8 nitrogen and oxygen atoms in total. The lowest BCUT2D eigenvalue weighted by Gasteiger charge is -2.38. The van der Waals surface area contributed by atoms with Gasteiger partial charge >= 0.3 is 5.97 Å². The lowest BCUT2D eigenvalue weighted by molar-refractivity contribution is -0.163. The summed E-state index contributed by atoms with van der Waals surface area (Å²) in [4.78, 5) is 44.5. The van der Waals surface area contributed by atoms with Crippen LogP contribution < -0.4 is 0 Å². The molecule has 2 amide bonds. The molecular weight excluding hydrogens is 448 g/mol. The monoisotopic (exact) mass is 484 g/mol. The molecule has 3 saturated heterocycles. The highest BCUT2D eigenvalue weighted by molar-refractivity contribution is 5.98. The molecule has 1 spiro atoms. The number of hydrogen-bond donors (Lipinski definition) is 1. The number of aliphatic hydroxyl groups is 1. The molecule has 8 heteroatoms. The van der Waals surface area contributed by atoms with Crippen LogP contribution in [0.1, 0.15) is 45.6 Å². The largest absolute Gasteiger partial charge is 0.466 e. The van der Waals surface area contributed by atoms with Crippen molar-refractivity contribution in [3.05, 3.63) is 48.6 Å². The molecule has 2 bridgehead atoms. The van der Waals surface area contributed by atoms with Crippen molar-refractivity contribution < 1.29 is 29.0 Å². The van der Waals surface area contributed by atoms with Crippen LogP contribution in [0.4, 0.5) is 0 Å². The fourth-order valence-corrected chi connectivity index (χ4v) is 6.45. The second kappa shape index (κ2) is 9.74. The van der Waals surface area contributed by atoms with Gasteiger partial charge < -0.3 is 24.4 Å². The Hall–Kier alpha value is -2.71. The molecule has 35 heavy (non-hydrogen) atoms. The van der Waals surface area contributed by atoms with E-state index in [2.05, 4.69) is 6.58 Å². The van der Waals surface area contributed by atoms with Crippen molar-refractivity contribution in [2.24, 2.45) is 11.8 Å². The minimum Gasteiger partial charge on any atom is -0.466 e. The van der Waals surface area contributed by atoms with Crippen molar-refractivity contribution in [1.82, 2.24) is 9.80 Å². The van der Waals surface area contributed by atoms with E-state index in [1.54, 1.807) is 24.8 Å². The van der Waals surface area contributed by atoms with Crippen LogP contribution in [0.25, 0.3) is 0 Å². The maximum absolute atomic E-state index is 14.2. The molecule has 3 aliphatic rings. The van der Waals surface area contributed by atoms with Crippen molar-refractivity contribution in [3.8, 4) is 0 Å². The van der Waals surface area contributed by atoms with Crippen molar-refractivity contribution in [2.75, 3.05) is 19.8 Å².